The van der Waals surface area contributed by atoms with Crippen molar-refractivity contribution >= 4 is 65.0 Å². The van der Waals surface area contributed by atoms with E-state index in [0.717, 1.165) is 71.7 Å². The fourth-order valence-electron chi connectivity index (χ4n) is 8.94. The Bertz CT molecular complexity index is 3600. The molecule has 2 heterocycles. The molecule has 0 aliphatic carbocycles. The van der Waals surface area contributed by atoms with E-state index in [1.165, 1.54) is 32.3 Å². The van der Waals surface area contributed by atoms with Gasteiger partial charge in [0.15, 0.2) is 17.5 Å². The standard InChI is InChI=1S/C55H33N3O/c1-2-19-40-34(13-1)14-11-26-47(40)55-57-53(56-54(58-55)39-18-10-16-37(32-39)41-25-12-28-51-52(41)48-24-7-8-27-50(48)59-51)38-17-9-15-35(31-38)36-29-30-46-44-22-4-3-20-42(44)43-21-5-6-23-45(43)49(46)33-36/h1-33H. The fourth-order valence-corrected chi connectivity index (χ4v) is 8.94. The molecule has 0 fully saturated rings. The van der Waals surface area contributed by atoms with E-state index in [1.807, 2.05) is 18.2 Å². The van der Waals surface area contributed by atoms with Crippen molar-refractivity contribution in [3.8, 4) is 56.4 Å². The molecule has 0 amide bonds. The maximum absolute atomic E-state index is 6.26. The Morgan fingerprint density at radius 3 is 1.49 bits per heavy atom. The van der Waals surface area contributed by atoms with Gasteiger partial charge >= 0.3 is 0 Å². The highest BCUT2D eigenvalue weighted by Crippen LogP contribution is 2.40. The third-order valence-corrected chi connectivity index (χ3v) is 11.7. The molecule has 0 bridgehead atoms. The molecular weight excluding hydrogens is 719 g/mol. The summed E-state index contributed by atoms with van der Waals surface area (Å²) in [6, 6.07) is 70.5. The van der Waals surface area contributed by atoms with E-state index in [4.69, 9.17) is 19.4 Å². The predicted octanol–water partition coefficient (Wildman–Crippen LogP) is 14.7. The third-order valence-electron chi connectivity index (χ3n) is 11.7. The molecule has 12 aromatic rings. The van der Waals surface area contributed by atoms with Crippen LogP contribution in [-0.4, -0.2) is 15.0 Å². The Hall–Kier alpha value is -7.95. The lowest BCUT2D eigenvalue weighted by atomic mass is 9.92. The molecule has 4 nitrogen and oxygen atoms in total. The summed E-state index contributed by atoms with van der Waals surface area (Å²) < 4.78 is 6.26. The smallest absolute Gasteiger partial charge is 0.164 e. The molecule has 0 saturated carbocycles. The molecule has 0 spiro atoms. The van der Waals surface area contributed by atoms with E-state index in [1.54, 1.807) is 0 Å². The van der Waals surface area contributed by atoms with Crippen LogP contribution in [0.25, 0.3) is 121 Å². The van der Waals surface area contributed by atoms with Crippen molar-refractivity contribution in [2.45, 2.75) is 0 Å². The average Bonchev–Trinajstić information content (AvgIpc) is 3.70. The van der Waals surface area contributed by atoms with E-state index < -0.39 is 0 Å². The molecule has 59 heavy (non-hydrogen) atoms. The van der Waals surface area contributed by atoms with Gasteiger partial charge in [0.25, 0.3) is 0 Å². The molecule has 0 unspecified atom stereocenters. The van der Waals surface area contributed by atoms with Crippen LogP contribution in [0.4, 0.5) is 0 Å². The van der Waals surface area contributed by atoms with Crippen LogP contribution in [0.15, 0.2) is 205 Å². The first-order chi connectivity index (χ1) is 29.2. The van der Waals surface area contributed by atoms with Gasteiger partial charge in [-0.15, -0.1) is 0 Å². The molecular formula is C55H33N3O. The second kappa shape index (κ2) is 13.3. The van der Waals surface area contributed by atoms with Gasteiger partial charge in [-0.25, -0.2) is 15.0 Å². The summed E-state index contributed by atoms with van der Waals surface area (Å²) >= 11 is 0. The zero-order valence-corrected chi connectivity index (χ0v) is 31.8. The number of hydrogen-bond donors (Lipinski definition) is 0. The van der Waals surface area contributed by atoms with Gasteiger partial charge < -0.3 is 4.42 Å². The van der Waals surface area contributed by atoms with E-state index in [9.17, 15) is 0 Å². The summed E-state index contributed by atoms with van der Waals surface area (Å²) in [5, 5.41) is 12.0. The maximum atomic E-state index is 6.26. The number of nitrogens with zero attached hydrogens (tertiary/aromatic N) is 3. The zero-order chi connectivity index (χ0) is 38.9. The maximum Gasteiger partial charge on any atom is 0.164 e. The molecule has 12 rings (SSSR count). The lowest BCUT2D eigenvalue weighted by Crippen LogP contribution is -2.01. The number of hydrogen-bond acceptors (Lipinski definition) is 4. The minimum absolute atomic E-state index is 0.610. The minimum atomic E-state index is 0.610. The first kappa shape index (κ1) is 33.2. The number of rotatable bonds is 5. The summed E-state index contributed by atoms with van der Waals surface area (Å²) in [5.41, 5.74) is 8.92. The molecule has 274 valence electrons. The van der Waals surface area contributed by atoms with Crippen molar-refractivity contribution in [2.75, 3.05) is 0 Å². The summed E-state index contributed by atoms with van der Waals surface area (Å²) in [6.45, 7) is 0. The van der Waals surface area contributed by atoms with Crippen molar-refractivity contribution < 1.29 is 4.42 Å². The van der Waals surface area contributed by atoms with Crippen LogP contribution in [-0.2, 0) is 0 Å². The summed E-state index contributed by atoms with van der Waals surface area (Å²) in [4.78, 5) is 15.7. The van der Waals surface area contributed by atoms with Gasteiger partial charge in [0, 0.05) is 27.5 Å². The highest BCUT2D eigenvalue weighted by atomic mass is 16.3. The van der Waals surface area contributed by atoms with Crippen molar-refractivity contribution in [3.05, 3.63) is 200 Å². The van der Waals surface area contributed by atoms with Crippen molar-refractivity contribution in [1.29, 1.82) is 0 Å². The third kappa shape index (κ3) is 5.49. The SMILES string of the molecule is c1cc(-c2ccc3c4ccccc4c4ccccc4c3c2)cc(-c2nc(-c3cccc(-c4cccc5oc6ccccc6c45)c3)nc(-c3cccc4ccccc34)n2)c1. The van der Waals surface area contributed by atoms with Crippen LogP contribution in [0.2, 0.25) is 0 Å². The first-order valence-electron chi connectivity index (χ1n) is 19.9. The summed E-state index contributed by atoms with van der Waals surface area (Å²) in [5.74, 6) is 1.86. The Kier molecular flexibility index (Phi) is 7.50. The first-order valence-corrected chi connectivity index (χ1v) is 19.9. The minimum Gasteiger partial charge on any atom is -0.456 e. The van der Waals surface area contributed by atoms with E-state index in [0.29, 0.717) is 17.5 Å². The normalized spacial score (nSPS) is 11.7. The summed E-state index contributed by atoms with van der Waals surface area (Å²) in [7, 11) is 0. The molecule has 0 atom stereocenters. The van der Waals surface area contributed by atoms with E-state index in [2.05, 4.69) is 182 Å². The molecule has 0 N–H and O–H groups in total. The van der Waals surface area contributed by atoms with E-state index in [-0.39, 0.29) is 0 Å². The number of para-hydroxylation sites is 1. The molecule has 0 aliphatic heterocycles. The molecule has 10 aromatic carbocycles. The lowest BCUT2D eigenvalue weighted by Gasteiger charge is -2.13. The Balaban J connectivity index is 1.03. The van der Waals surface area contributed by atoms with Crippen molar-refractivity contribution in [3.63, 3.8) is 0 Å². The van der Waals surface area contributed by atoms with Crippen molar-refractivity contribution in [1.82, 2.24) is 15.0 Å². The van der Waals surface area contributed by atoms with Crippen LogP contribution in [0, 0.1) is 0 Å². The lowest BCUT2D eigenvalue weighted by molar-refractivity contribution is 0.669. The van der Waals surface area contributed by atoms with Gasteiger partial charge in [-0.2, -0.15) is 0 Å². The Morgan fingerprint density at radius 1 is 0.271 bits per heavy atom. The molecule has 0 radical (unpaired) electrons. The largest absolute Gasteiger partial charge is 0.456 e. The predicted molar refractivity (Wildman–Crippen MR) is 244 cm³/mol. The molecule has 2 aromatic heterocycles. The summed E-state index contributed by atoms with van der Waals surface area (Å²) in [6.07, 6.45) is 0. The Morgan fingerprint density at radius 2 is 0.746 bits per heavy atom. The molecule has 0 saturated heterocycles. The number of furan rings is 1. The van der Waals surface area contributed by atoms with Gasteiger partial charge in [-0.05, 0) is 95.7 Å². The van der Waals surface area contributed by atoms with Gasteiger partial charge in [0.2, 0.25) is 0 Å². The van der Waals surface area contributed by atoms with Crippen LogP contribution < -0.4 is 0 Å². The number of fused-ring (bicyclic) bond motifs is 10. The highest BCUT2D eigenvalue weighted by Gasteiger charge is 2.18. The van der Waals surface area contributed by atoms with Crippen LogP contribution in [0.1, 0.15) is 0 Å². The van der Waals surface area contributed by atoms with Crippen LogP contribution >= 0.6 is 0 Å². The van der Waals surface area contributed by atoms with Gasteiger partial charge in [0.05, 0.1) is 0 Å². The second-order valence-corrected chi connectivity index (χ2v) is 15.1. The van der Waals surface area contributed by atoms with Gasteiger partial charge in [-0.1, -0.05) is 170 Å². The monoisotopic (exact) mass is 751 g/mol. The number of aromatic nitrogens is 3. The topological polar surface area (TPSA) is 51.8 Å². The molecule has 4 heteroatoms. The van der Waals surface area contributed by atoms with E-state index >= 15 is 0 Å². The number of benzene rings is 10. The van der Waals surface area contributed by atoms with Crippen LogP contribution in [0.5, 0.6) is 0 Å². The zero-order valence-electron chi connectivity index (χ0n) is 31.8. The quantitative estimate of drug-likeness (QED) is 0.164. The second-order valence-electron chi connectivity index (χ2n) is 15.1. The molecule has 0 aliphatic rings. The van der Waals surface area contributed by atoms with Gasteiger partial charge in [-0.3, -0.25) is 0 Å². The van der Waals surface area contributed by atoms with Crippen LogP contribution in [0.3, 0.4) is 0 Å². The Labute approximate surface area is 339 Å². The average molecular weight is 752 g/mol. The highest BCUT2D eigenvalue weighted by molar-refractivity contribution is 6.25. The van der Waals surface area contributed by atoms with Gasteiger partial charge in [0.1, 0.15) is 11.2 Å². The fraction of sp³-hybridized carbons (Fsp3) is 0. The van der Waals surface area contributed by atoms with Crippen molar-refractivity contribution in [2.24, 2.45) is 0 Å².